The molecule has 1 aromatic heterocycles. The zero-order valence-corrected chi connectivity index (χ0v) is 15.8. The number of amides is 1. The summed E-state index contributed by atoms with van der Waals surface area (Å²) in [6.07, 6.45) is 7.52. The molecule has 0 saturated carbocycles. The standard InChI is InChI=1S/C20H18ClN3OS/c1-14-17(26-18-6-3-2-5-16(18)20(21)24-14)7-4-8-19(25)23-13-15-9-11-22-12-10-15/h2-7,9-12H,8,13H2,1H3,(H,23,25)/b7-4-. The minimum absolute atomic E-state index is 0.0307. The summed E-state index contributed by atoms with van der Waals surface area (Å²) in [4.78, 5) is 22.5. The minimum atomic E-state index is -0.0307. The number of thioether (sulfide) groups is 1. The van der Waals surface area contributed by atoms with Crippen molar-refractivity contribution in [3.63, 3.8) is 0 Å². The average Bonchev–Trinajstić information content (AvgIpc) is 2.77. The van der Waals surface area contributed by atoms with Crippen LogP contribution in [-0.4, -0.2) is 16.1 Å². The molecule has 3 rings (SSSR count). The van der Waals surface area contributed by atoms with E-state index >= 15 is 0 Å². The van der Waals surface area contributed by atoms with E-state index in [9.17, 15) is 4.79 Å². The predicted molar refractivity (Wildman–Crippen MR) is 107 cm³/mol. The Bertz CT molecular complexity index is 891. The number of pyridine rings is 1. The maximum absolute atomic E-state index is 12.0. The van der Waals surface area contributed by atoms with Crippen LogP contribution in [-0.2, 0) is 11.3 Å². The van der Waals surface area contributed by atoms with Crippen molar-refractivity contribution in [3.8, 4) is 0 Å². The number of halogens is 1. The normalized spacial score (nSPS) is 14.0. The Labute approximate surface area is 162 Å². The maximum atomic E-state index is 12.0. The highest BCUT2D eigenvalue weighted by atomic mass is 35.5. The van der Waals surface area contributed by atoms with E-state index in [1.165, 1.54) is 0 Å². The molecule has 0 fully saturated rings. The number of hydrogen-bond acceptors (Lipinski definition) is 4. The van der Waals surface area contributed by atoms with Crippen LogP contribution in [0.5, 0.6) is 0 Å². The smallest absolute Gasteiger partial charge is 0.224 e. The van der Waals surface area contributed by atoms with Crippen LogP contribution in [0, 0.1) is 0 Å². The molecule has 0 atom stereocenters. The van der Waals surface area contributed by atoms with Crippen LogP contribution in [0.1, 0.15) is 24.5 Å². The number of carbonyl (C=O) groups is 1. The molecule has 26 heavy (non-hydrogen) atoms. The number of fused-ring (bicyclic) bond motifs is 1. The summed E-state index contributed by atoms with van der Waals surface area (Å²) in [7, 11) is 0. The van der Waals surface area contributed by atoms with Crippen LogP contribution in [0.4, 0.5) is 0 Å². The van der Waals surface area contributed by atoms with Gasteiger partial charge in [-0.25, -0.2) is 4.99 Å². The lowest BCUT2D eigenvalue weighted by Gasteiger charge is -2.05. The van der Waals surface area contributed by atoms with Gasteiger partial charge in [-0.3, -0.25) is 9.78 Å². The number of rotatable bonds is 5. The summed E-state index contributed by atoms with van der Waals surface area (Å²) in [5.74, 6) is -0.0307. The Hall–Kier alpha value is -2.37. The maximum Gasteiger partial charge on any atom is 0.224 e. The second kappa shape index (κ2) is 8.83. The van der Waals surface area contributed by atoms with Gasteiger partial charge in [0.15, 0.2) is 0 Å². The van der Waals surface area contributed by atoms with E-state index in [0.29, 0.717) is 18.1 Å². The van der Waals surface area contributed by atoms with Crippen molar-refractivity contribution in [2.75, 3.05) is 0 Å². The molecule has 1 aromatic carbocycles. The number of nitrogens with one attached hydrogen (secondary N) is 1. The lowest BCUT2D eigenvalue weighted by molar-refractivity contribution is -0.120. The van der Waals surface area contributed by atoms with Gasteiger partial charge in [0.1, 0.15) is 5.17 Å². The predicted octanol–water partition coefficient (Wildman–Crippen LogP) is 4.67. The van der Waals surface area contributed by atoms with Crippen LogP contribution in [0.3, 0.4) is 0 Å². The van der Waals surface area contributed by atoms with Crippen LogP contribution in [0.2, 0.25) is 0 Å². The molecule has 0 unspecified atom stereocenters. The number of allylic oxidation sites excluding steroid dienone is 2. The van der Waals surface area contributed by atoms with Gasteiger partial charge in [-0.15, -0.1) is 0 Å². The van der Waals surface area contributed by atoms with Crippen LogP contribution in [0.25, 0.3) is 0 Å². The van der Waals surface area contributed by atoms with E-state index in [1.54, 1.807) is 24.2 Å². The number of aromatic nitrogens is 1. The molecule has 0 spiro atoms. The van der Waals surface area contributed by atoms with Crippen molar-refractivity contribution in [1.82, 2.24) is 10.3 Å². The Kier molecular flexibility index (Phi) is 6.26. The van der Waals surface area contributed by atoms with Crippen molar-refractivity contribution in [2.45, 2.75) is 24.8 Å². The minimum Gasteiger partial charge on any atom is -0.352 e. The molecule has 0 radical (unpaired) electrons. The largest absolute Gasteiger partial charge is 0.352 e. The summed E-state index contributed by atoms with van der Waals surface area (Å²) < 4.78 is 0. The van der Waals surface area contributed by atoms with Crippen LogP contribution < -0.4 is 5.32 Å². The lowest BCUT2D eigenvalue weighted by Crippen LogP contribution is -2.21. The van der Waals surface area contributed by atoms with Crippen molar-refractivity contribution < 1.29 is 4.79 Å². The number of carbonyl (C=O) groups excluding carboxylic acids is 1. The third kappa shape index (κ3) is 4.84. The lowest BCUT2D eigenvalue weighted by atomic mass is 10.2. The Balaban J connectivity index is 1.61. The first-order valence-corrected chi connectivity index (χ1v) is 9.37. The number of benzene rings is 1. The quantitative estimate of drug-likeness (QED) is 0.816. The molecule has 1 amide bonds. The summed E-state index contributed by atoms with van der Waals surface area (Å²) in [6, 6.07) is 11.7. The Morgan fingerprint density at radius 3 is 2.81 bits per heavy atom. The van der Waals surface area contributed by atoms with Gasteiger partial charge in [0, 0.05) is 40.7 Å². The van der Waals surface area contributed by atoms with Gasteiger partial charge in [0.05, 0.1) is 5.70 Å². The SMILES string of the molecule is CC1=C(/C=C\CC(=O)NCc2ccncc2)Sc2ccccc2C(Cl)=N1. The van der Waals surface area contributed by atoms with E-state index in [2.05, 4.69) is 15.3 Å². The van der Waals surface area contributed by atoms with Crippen molar-refractivity contribution in [3.05, 3.63) is 82.7 Å². The second-order valence-corrected chi connectivity index (χ2v) is 7.13. The van der Waals surface area contributed by atoms with Crippen molar-refractivity contribution >= 4 is 34.4 Å². The van der Waals surface area contributed by atoms with Gasteiger partial charge >= 0.3 is 0 Å². The van der Waals surface area contributed by atoms with Gasteiger partial charge < -0.3 is 5.32 Å². The van der Waals surface area contributed by atoms with Gasteiger partial charge in [-0.05, 0) is 36.8 Å². The first-order chi connectivity index (χ1) is 12.6. The van der Waals surface area contributed by atoms with Gasteiger partial charge in [-0.1, -0.05) is 47.6 Å². The summed E-state index contributed by atoms with van der Waals surface area (Å²) in [5.41, 5.74) is 2.79. The van der Waals surface area contributed by atoms with E-state index in [1.807, 2.05) is 55.5 Å². The fraction of sp³-hybridized carbons (Fsp3) is 0.150. The van der Waals surface area contributed by atoms with E-state index in [4.69, 9.17) is 11.6 Å². The molecule has 1 aliphatic heterocycles. The monoisotopic (exact) mass is 383 g/mol. The van der Waals surface area contributed by atoms with Crippen molar-refractivity contribution in [1.29, 1.82) is 0 Å². The molecule has 6 heteroatoms. The summed E-state index contributed by atoms with van der Waals surface area (Å²) in [6.45, 7) is 2.42. The van der Waals surface area contributed by atoms with Gasteiger partial charge in [-0.2, -0.15) is 0 Å². The van der Waals surface area contributed by atoms with Crippen molar-refractivity contribution in [2.24, 2.45) is 4.99 Å². The summed E-state index contributed by atoms with van der Waals surface area (Å²) in [5, 5.41) is 3.38. The third-order valence-electron chi connectivity index (χ3n) is 3.76. The average molecular weight is 384 g/mol. The molecular formula is C20H18ClN3OS. The fourth-order valence-electron chi connectivity index (χ4n) is 2.38. The molecule has 0 saturated heterocycles. The first kappa shape index (κ1) is 18.4. The van der Waals surface area contributed by atoms with Crippen LogP contribution >= 0.6 is 23.4 Å². The van der Waals surface area contributed by atoms with Gasteiger partial charge in [0.25, 0.3) is 0 Å². The molecule has 0 bridgehead atoms. The topological polar surface area (TPSA) is 54.4 Å². The fourth-order valence-corrected chi connectivity index (χ4v) is 3.75. The molecule has 2 aromatic rings. The Morgan fingerprint density at radius 2 is 2.00 bits per heavy atom. The second-order valence-electron chi connectivity index (χ2n) is 5.69. The highest BCUT2D eigenvalue weighted by Crippen LogP contribution is 2.36. The van der Waals surface area contributed by atoms with Crippen LogP contribution in [0.15, 0.2) is 81.4 Å². The highest BCUT2D eigenvalue weighted by molar-refractivity contribution is 8.03. The molecule has 2 heterocycles. The molecule has 1 aliphatic rings. The zero-order chi connectivity index (χ0) is 18.4. The number of aliphatic imine (C=N–C) groups is 1. The molecule has 0 aliphatic carbocycles. The zero-order valence-electron chi connectivity index (χ0n) is 14.3. The van der Waals surface area contributed by atoms with E-state index < -0.39 is 0 Å². The van der Waals surface area contributed by atoms with E-state index in [-0.39, 0.29) is 5.91 Å². The van der Waals surface area contributed by atoms with Gasteiger partial charge in [0.2, 0.25) is 5.91 Å². The summed E-state index contributed by atoms with van der Waals surface area (Å²) >= 11 is 7.91. The first-order valence-electron chi connectivity index (χ1n) is 8.18. The number of hydrogen-bond donors (Lipinski definition) is 1. The number of nitrogens with zero attached hydrogens (tertiary/aromatic N) is 2. The molecule has 1 N–H and O–H groups in total. The molecular weight excluding hydrogens is 366 g/mol. The highest BCUT2D eigenvalue weighted by Gasteiger charge is 2.14. The molecule has 4 nitrogen and oxygen atoms in total. The molecule has 132 valence electrons. The third-order valence-corrected chi connectivity index (χ3v) is 5.28. The Morgan fingerprint density at radius 1 is 1.23 bits per heavy atom. The van der Waals surface area contributed by atoms with E-state index in [0.717, 1.165) is 26.6 Å².